The van der Waals surface area contributed by atoms with Gasteiger partial charge in [-0.15, -0.1) is 19.7 Å². The van der Waals surface area contributed by atoms with Gasteiger partial charge in [0.05, 0.1) is 0 Å². The van der Waals surface area contributed by atoms with Gasteiger partial charge in [0, 0.05) is 0 Å². The van der Waals surface area contributed by atoms with E-state index in [2.05, 4.69) is 51.1 Å². The van der Waals surface area contributed by atoms with E-state index in [0.717, 1.165) is 0 Å². The molecule has 1 aromatic rings. The molecule has 0 amide bonds. The summed E-state index contributed by atoms with van der Waals surface area (Å²) in [6, 6.07) is 11.6. The van der Waals surface area contributed by atoms with Crippen molar-refractivity contribution in [1.29, 1.82) is 0 Å². The first-order valence-electron chi connectivity index (χ1n) is 14.7. The van der Waals surface area contributed by atoms with Crippen molar-refractivity contribution in [2.75, 3.05) is 18.5 Å². The molecular weight excluding hydrogens is 439 g/mol. The Bertz CT molecular complexity index is 460. The van der Waals surface area contributed by atoms with E-state index in [1.54, 1.807) is 24.0 Å². The average molecular weight is 498 g/mol. The predicted molar refractivity (Wildman–Crippen MR) is 159 cm³/mol. The van der Waals surface area contributed by atoms with E-state index in [0.29, 0.717) is 0 Å². The molecule has 0 saturated carbocycles. The molecule has 0 bridgehead atoms. The fourth-order valence-corrected chi connectivity index (χ4v) is 10.0. The molecule has 0 aromatic heterocycles. The lowest BCUT2D eigenvalue weighted by Gasteiger charge is -2.38. The van der Waals surface area contributed by atoms with Gasteiger partial charge in [0.2, 0.25) is 0 Å². The fraction of sp³-hybridized carbons (Fsp3) is 0.806. The summed E-state index contributed by atoms with van der Waals surface area (Å²) in [5.74, 6) is 0. The Labute approximate surface area is 216 Å². The van der Waals surface area contributed by atoms with Crippen LogP contribution in [0.4, 0.5) is 0 Å². The Morgan fingerprint density at radius 2 is 0.788 bits per heavy atom. The maximum atomic E-state index is 2.42. The van der Waals surface area contributed by atoms with Gasteiger partial charge in [0.15, 0.2) is 0 Å². The summed E-state index contributed by atoms with van der Waals surface area (Å²) >= 11 is 0. The largest absolute Gasteiger partial charge is 0.147 e. The van der Waals surface area contributed by atoms with Crippen LogP contribution in [0.2, 0.25) is 0 Å². The monoisotopic (exact) mass is 497 g/mol. The lowest BCUT2D eigenvalue weighted by Crippen LogP contribution is -2.12. The van der Waals surface area contributed by atoms with Crippen LogP contribution in [0.15, 0.2) is 30.3 Å². The summed E-state index contributed by atoms with van der Waals surface area (Å²) in [7, 11) is -0.885. The number of halogens is 1. The van der Waals surface area contributed by atoms with E-state index < -0.39 is 7.26 Å². The average Bonchev–Trinajstić information content (AvgIpc) is 2.81. The molecule has 1 rings (SSSR count). The van der Waals surface area contributed by atoms with E-state index in [1.807, 2.05) is 0 Å². The van der Waals surface area contributed by atoms with Gasteiger partial charge < -0.3 is 0 Å². The molecule has 0 aliphatic carbocycles. The Morgan fingerprint density at radius 3 is 1.15 bits per heavy atom. The van der Waals surface area contributed by atoms with Gasteiger partial charge in [0.25, 0.3) is 0 Å². The second kappa shape index (κ2) is 23.7. The summed E-state index contributed by atoms with van der Waals surface area (Å²) < 4.78 is 0. The van der Waals surface area contributed by atoms with Crippen molar-refractivity contribution in [2.24, 2.45) is 0 Å². The molecule has 0 aliphatic heterocycles. The van der Waals surface area contributed by atoms with Crippen molar-refractivity contribution < 1.29 is 0 Å². The van der Waals surface area contributed by atoms with Crippen molar-refractivity contribution in [2.45, 2.75) is 143 Å². The second-order valence-corrected chi connectivity index (χ2v) is 14.8. The molecule has 0 unspecified atom stereocenters. The number of rotatable bonds is 23. The molecule has 195 valence electrons. The molecule has 0 nitrogen and oxygen atoms in total. The molecule has 0 fully saturated rings. The van der Waals surface area contributed by atoms with Crippen LogP contribution in [-0.2, 0) is 6.16 Å². The SMILES string of the molecule is CCCCCCCC[P](CCCCCCCC)(CCCCCCCC)Cc1ccccc1.Cl. The molecule has 2 heteroatoms. The van der Waals surface area contributed by atoms with Crippen LogP contribution in [0.3, 0.4) is 0 Å². The van der Waals surface area contributed by atoms with Gasteiger partial charge in [-0.3, -0.25) is 0 Å². The van der Waals surface area contributed by atoms with Gasteiger partial charge in [-0.05, 0) is 49.5 Å². The molecule has 0 spiro atoms. The van der Waals surface area contributed by atoms with Crippen LogP contribution < -0.4 is 0 Å². The number of benzene rings is 1. The van der Waals surface area contributed by atoms with E-state index in [-0.39, 0.29) is 12.4 Å². The molecule has 0 aliphatic rings. The first-order chi connectivity index (χ1) is 15.8. The van der Waals surface area contributed by atoms with Crippen LogP contribution in [0.1, 0.15) is 142 Å². The highest BCUT2D eigenvalue weighted by Gasteiger charge is 2.26. The topological polar surface area (TPSA) is 0 Å². The lowest BCUT2D eigenvalue weighted by molar-refractivity contribution is 0.615. The highest BCUT2D eigenvalue weighted by Crippen LogP contribution is 2.63. The van der Waals surface area contributed by atoms with E-state index >= 15 is 0 Å². The fourth-order valence-electron chi connectivity index (χ4n) is 5.23. The molecule has 1 aromatic carbocycles. The first-order valence-corrected chi connectivity index (χ1v) is 17.2. The number of hydrogen-bond acceptors (Lipinski definition) is 0. The van der Waals surface area contributed by atoms with Gasteiger partial charge in [-0.25, -0.2) is 0 Å². The Hall–Kier alpha value is -0.0600. The minimum Gasteiger partial charge on any atom is -0.147 e. The Balaban J connectivity index is 0.0000102. The van der Waals surface area contributed by atoms with Gasteiger partial charge in [-0.2, -0.15) is 0 Å². The van der Waals surface area contributed by atoms with E-state index in [1.165, 1.54) is 122 Å². The summed E-state index contributed by atoms with van der Waals surface area (Å²) in [4.78, 5) is 0. The summed E-state index contributed by atoms with van der Waals surface area (Å²) in [5, 5.41) is 0. The summed E-state index contributed by atoms with van der Waals surface area (Å²) in [6.07, 6.45) is 32.2. The highest BCUT2D eigenvalue weighted by atomic mass is 35.5. The van der Waals surface area contributed by atoms with Crippen LogP contribution in [0, 0.1) is 0 Å². The standard InChI is InChI=1S/C31H58P.ClH/c1-4-7-10-13-16-22-27-32(28-23-17-14-11-8-5-2,29-24-18-15-12-9-6-3)30-31-25-20-19-21-26-31;/h19-21,25-26H,4-18,22-24,27-30H2,1-3H3;1H. The zero-order chi connectivity index (χ0) is 23.2. The number of hydrogen-bond donors (Lipinski definition) is 0. The Morgan fingerprint density at radius 1 is 0.455 bits per heavy atom. The number of unbranched alkanes of at least 4 members (excludes halogenated alkanes) is 15. The highest BCUT2D eigenvalue weighted by molar-refractivity contribution is 7.75. The summed E-state index contributed by atoms with van der Waals surface area (Å²) in [5.41, 5.74) is 1.63. The van der Waals surface area contributed by atoms with Gasteiger partial charge in [0.1, 0.15) is 0 Å². The molecule has 0 N–H and O–H groups in total. The molecule has 0 saturated heterocycles. The summed E-state index contributed by atoms with van der Waals surface area (Å²) in [6.45, 7) is 6.99. The molecular formula is C31H59ClP. The zero-order valence-electron chi connectivity index (χ0n) is 22.8. The normalized spacial score (nSPS) is 11.5. The van der Waals surface area contributed by atoms with Crippen molar-refractivity contribution in [3.05, 3.63) is 35.9 Å². The maximum absolute atomic E-state index is 2.42. The maximum Gasteiger partial charge on any atom is -0.0106 e. The van der Waals surface area contributed by atoms with Crippen molar-refractivity contribution >= 4 is 19.7 Å². The molecule has 33 heavy (non-hydrogen) atoms. The van der Waals surface area contributed by atoms with Crippen LogP contribution in [-0.4, -0.2) is 18.5 Å². The van der Waals surface area contributed by atoms with E-state index in [9.17, 15) is 0 Å². The molecule has 0 atom stereocenters. The predicted octanol–water partition coefficient (Wildman–Crippen LogP) is 11.7. The van der Waals surface area contributed by atoms with Crippen LogP contribution in [0.5, 0.6) is 0 Å². The second-order valence-electron chi connectivity index (χ2n) is 10.5. The first kappa shape index (κ1) is 32.9. The Kier molecular flexibility index (Phi) is 23.6. The van der Waals surface area contributed by atoms with Crippen LogP contribution >= 0.6 is 19.7 Å². The third-order valence-electron chi connectivity index (χ3n) is 7.32. The van der Waals surface area contributed by atoms with Gasteiger partial charge >= 0.3 is 0 Å². The quantitative estimate of drug-likeness (QED) is 0.104. The zero-order valence-corrected chi connectivity index (χ0v) is 24.5. The third kappa shape index (κ3) is 17.9. The lowest BCUT2D eigenvalue weighted by atomic mass is 10.1. The van der Waals surface area contributed by atoms with E-state index in [4.69, 9.17) is 0 Å². The van der Waals surface area contributed by atoms with Crippen molar-refractivity contribution in [3.8, 4) is 0 Å². The van der Waals surface area contributed by atoms with Crippen molar-refractivity contribution in [3.63, 3.8) is 0 Å². The minimum atomic E-state index is -0.885. The third-order valence-corrected chi connectivity index (χ3v) is 12.1. The van der Waals surface area contributed by atoms with Crippen molar-refractivity contribution in [1.82, 2.24) is 0 Å². The molecule has 0 heterocycles. The smallest absolute Gasteiger partial charge is 0.0106 e. The molecule has 1 radical (unpaired) electrons. The minimum absolute atomic E-state index is 0. The van der Waals surface area contributed by atoms with Crippen LogP contribution in [0.25, 0.3) is 0 Å². The van der Waals surface area contributed by atoms with Gasteiger partial charge in [-0.1, -0.05) is 147 Å².